The van der Waals surface area contributed by atoms with E-state index >= 15 is 0 Å². The molecule has 92 heavy (non-hydrogen) atoms. The quantitative estimate of drug-likeness (QED) is 0.0600. The molecule has 14 heterocycles. The predicted octanol–water partition coefficient (Wildman–Crippen LogP) is 6.05. The number of nitrogens with two attached hydrogens (primary N) is 5. The summed E-state index contributed by atoms with van der Waals surface area (Å²) in [6.07, 6.45) is 17.4. The average molecular weight is 1260 g/mol. The summed E-state index contributed by atoms with van der Waals surface area (Å²) >= 11 is 0. The molecule has 14 rings (SSSR count). The van der Waals surface area contributed by atoms with Crippen LogP contribution in [-0.2, 0) is 79.5 Å². The van der Waals surface area contributed by atoms with E-state index in [1.807, 2.05) is 86.0 Å². The standard InChI is InChI=1S/2C12H14N6O.2C11H12N6O.C10H15N7O/c1-16-7-3-9(4-8-16)14-15-10-11(13)17-5-2-6-18(17)12(10)19;1-16-6-3-2-5-9(16)14-15-10-11(13)17-7-4-8-18(17)12(10)19;12-10-9(11(18)17-7-1-6-16(10)17)15-14-8-2-4-13-5-3-8;12-10-9(11(18)17-7-3-6-16(10)17)15-14-8-4-1-2-5-13-8;1-3-16-8(11)7(9(18)17(16)4-2)14-15-10-12-5-6-13-10/h3-4,7-8,13H,2,5-6H2,1H3;2-3,5-6,13H,4,7-8H2,1H3;2-5H,1,6-7,12H2;1-2,4-5H,3,6-7,12H2;5-6H,3-4,11H2,1-2H3,(H,12,13)/p+2. The third-order valence-corrected chi connectivity index (χ3v) is 14.9. The van der Waals surface area contributed by atoms with Gasteiger partial charge in [0, 0.05) is 115 Å². The van der Waals surface area contributed by atoms with E-state index in [9.17, 15) is 24.0 Å². The van der Waals surface area contributed by atoms with Gasteiger partial charge in [0.2, 0.25) is 11.6 Å². The van der Waals surface area contributed by atoms with E-state index in [0.29, 0.717) is 97.3 Å². The average Bonchev–Trinajstić information content (AvgIpc) is 1.69. The Morgan fingerprint density at radius 2 is 0.859 bits per heavy atom. The molecule has 36 nitrogen and oxygen atoms in total. The summed E-state index contributed by atoms with van der Waals surface area (Å²) in [7, 11) is 3.79. The van der Waals surface area contributed by atoms with E-state index in [1.54, 1.807) is 103 Å². The van der Waals surface area contributed by atoms with Crippen LogP contribution >= 0.6 is 0 Å². The molecule has 0 bridgehead atoms. The summed E-state index contributed by atoms with van der Waals surface area (Å²) in [6, 6.07) is 17.9. The molecule has 0 aliphatic carbocycles. The van der Waals surface area contributed by atoms with Gasteiger partial charge in [-0.15, -0.1) is 35.8 Å². The minimum absolute atomic E-state index is 0.148. The molecular weight excluding hydrogens is 1190 g/mol. The number of nitrogen functional groups attached to an aromatic ring is 5. The van der Waals surface area contributed by atoms with Gasteiger partial charge in [-0.1, -0.05) is 12.1 Å². The number of nitrogens with one attached hydrogen (secondary N) is 1. The molecule has 10 aromatic rings. The molecule has 0 saturated carbocycles. The molecule has 0 spiro atoms. The fourth-order valence-electron chi connectivity index (χ4n) is 10.3. The Hall–Kier alpha value is -12.1. The highest BCUT2D eigenvalue weighted by molar-refractivity contribution is 5.60. The monoisotopic (exact) mass is 1260 g/mol. The van der Waals surface area contributed by atoms with Gasteiger partial charge in [0.25, 0.3) is 27.8 Å². The van der Waals surface area contributed by atoms with Gasteiger partial charge >= 0.3 is 5.82 Å². The third-order valence-electron chi connectivity index (χ3n) is 14.9. The molecular formula is C56H69N31O5+2. The SMILES string of the molecule is CCn1c(N)c(N=Nc2ncc[nH]2)c(=O)n1CC.C[n+]1ccc(N=Nc2c(N)n3n(c2=O)CCC3)cc1.C[n+]1ccccc1N=Nc1c(N)n2n(c1=O)CCC2.Nc1c(N=Nc2ccccn2)c(=O)n2n1CCC2.Nc1c(N=Nc2ccncc2)c(=O)n2n1CCC2. The van der Waals surface area contributed by atoms with Gasteiger partial charge in [0.1, 0.15) is 7.05 Å². The van der Waals surface area contributed by atoms with E-state index in [1.165, 1.54) is 4.68 Å². The van der Waals surface area contributed by atoms with Crippen LogP contribution in [0.4, 0.5) is 86.5 Å². The molecule has 0 radical (unpaired) electrons. The molecule has 36 heteroatoms. The second-order valence-corrected chi connectivity index (χ2v) is 20.7. The van der Waals surface area contributed by atoms with Gasteiger partial charge in [0.05, 0.1) is 29.7 Å². The number of aryl methyl sites for hydroxylation is 2. The molecule has 10 aromatic heterocycles. The van der Waals surface area contributed by atoms with Gasteiger partial charge in [0.15, 0.2) is 70.1 Å². The van der Waals surface area contributed by atoms with Gasteiger partial charge in [-0.25, -0.2) is 42.5 Å². The number of anilines is 5. The maximum atomic E-state index is 12.1. The number of hydrogen-bond donors (Lipinski definition) is 6. The number of aromatic nitrogens is 16. The molecule has 11 N–H and O–H groups in total. The largest absolute Gasteiger partial charge is 0.382 e. The first-order chi connectivity index (χ1) is 44.6. The van der Waals surface area contributed by atoms with E-state index in [0.717, 1.165) is 51.9 Å². The van der Waals surface area contributed by atoms with Gasteiger partial charge < -0.3 is 33.7 Å². The zero-order valence-corrected chi connectivity index (χ0v) is 50.9. The Morgan fingerprint density at radius 3 is 1.28 bits per heavy atom. The number of pyridine rings is 4. The van der Waals surface area contributed by atoms with Crippen LogP contribution in [0.15, 0.2) is 185 Å². The van der Waals surface area contributed by atoms with E-state index in [-0.39, 0.29) is 56.2 Å². The number of H-pyrrole nitrogens is 1. The maximum absolute atomic E-state index is 12.1. The Labute approximate surface area is 521 Å². The summed E-state index contributed by atoms with van der Waals surface area (Å²) in [6.45, 7) is 10.7. The van der Waals surface area contributed by atoms with Crippen molar-refractivity contribution < 1.29 is 9.13 Å². The summed E-state index contributed by atoms with van der Waals surface area (Å²) in [4.78, 5) is 74.7. The van der Waals surface area contributed by atoms with Crippen molar-refractivity contribution in [1.29, 1.82) is 0 Å². The predicted molar refractivity (Wildman–Crippen MR) is 339 cm³/mol. The first-order valence-corrected chi connectivity index (χ1v) is 29.3. The normalized spacial score (nSPS) is 13.7. The van der Waals surface area contributed by atoms with Crippen LogP contribution in [0, 0.1) is 0 Å². The first kappa shape index (κ1) is 62.9. The summed E-state index contributed by atoms with van der Waals surface area (Å²) in [5.74, 6) is 3.32. The number of aromatic amines is 1. The highest BCUT2D eigenvalue weighted by Gasteiger charge is 2.26. The zero-order valence-electron chi connectivity index (χ0n) is 50.9. The summed E-state index contributed by atoms with van der Waals surface area (Å²) in [5.41, 5.74) is 30.9. The minimum atomic E-state index is -0.243. The Kier molecular flexibility index (Phi) is 19.4. The van der Waals surface area contributed by atoms with Crippen LogP contribution in [0.2, 0.25) is 0 Å². The number of fused-ring (bicyclic) bond motifs is 4. The minimum Gasteiger partial charge on any atom is -0.382 e. The van der Waals surface area contributed by atoms with Crippen molar-refractivity contribution in [3.05, 3.63) is 162 Å². The van der Waals surface area contributed by atoms with Crippen molar-refractivity contribution in [3.8, 4) is 0 Å². The number of imidazole rings is 1. The topological polar surface area (TPSA) is 451 Å². The molecule has 4 aliphatic rings. The van der Waals surface area contributed by atoms with Crippen molar-refractivity contribution in [2.45, 2.75) is 105 Å². The van der Waals surface area contributed by atoms with Crippen molar-refractivity contribution in [2.75, 3.05) is 28.7 Å². The molecule has 0 saturated heterocycles. The number of nitrogens with zero attached hydrogens (tertiary/aromatic N) is 25. The highest BCUT2D eigenvalue weighted by atomic mass is 16.2. The van der Waals surface area contributed by atoms with Crippen LogP contribution in [-0.4, -0.2) is 66.8 Å². The molecule has 0 aromatic carbocycles. The lowest BCUT2D eigenvalue weighted by molar-refractivity contribution is -0.671. The molecule has 0 atom stereocenters. The fourth-order valence-corrected chi connectivity index (χ4v) is 10.3. The molecule has 0 unspecified atom stereocenters. The Balaban J connectivity index is 0.000000126. The van der Waals surface area contributed by atoms with Gasteiger partial charge in [-0.3, -0.25) is 52.4 Å². The smallest absolute Gasteiger partial charge is 0.350 e. The van der Waals surface area contributed by atoms with Crippen molar-refractivity contribution in [3.63, 3.8) is 0 Å². The van der Waals surface area contributed by atoms with Crippen molar-refractivity contribution in [1.82, 2.24) is 66.8 Å². The van der Waals surface area contributed by atoms with Crippen LogP contribution in [0.3, 0.4) is 0 Å². The number of azo groups is 5. The summed E-state index contributed by atoms with van der Waals surface area (Å²) < 4.78 is 20.4. The lowest BCUT2D eigenvalue weighted by Crippen LogP contribution is -2.26. The van der Waals surface area contributed by atoms with Crippen molar-refractivity contribution >= 4 is 86.5 Å². The number of rotatable bonds is 12. The molecule has 0 fully saturated rings. The first-order valence-electron chi connectivity index (χ1n) is 29.3. The highest BCUT2D eigenvalue weighted by Crippen LogP contribution is 2.28. The van der Waals surface area contributed by atoms with Gasteiger partial charge in [-0.2, -0.15) is 5.11 Å². The third kappa shape index (κ3) is 13.5. The van der Waals surface area contributed by atoms with Crippen LogP contribution in [0.5, 0.6) is 0 Å². The van der Waals surface area contributed by atoms with Gasteiger partial charge in [-0.05, 0) is 75.0 Å². The fraction of sp³-hybridized carbons (Fsp3) is 0.321. The maximum Gasteiger partial charge on any atom is 0.350 e. The molecule has 476 valence electrons. The Bertz CT molecular complexity index is 4580. The van der Waals surface area contributed by atoms with Crippen molar-refractivity contribution in [2.24, 2.45) is 65.2 Å². The second kappa shape index (κ2) is 28.3. The molecule has 0 amide bonds. The Morgan fingerprint density at radius 1 is 0.424 bits per heavy atom. The van der Waals surface area contributed by atoms with Crippen LogP contribution < -0.4 is 65.6 Å². The van der Waals surface area contributed by atoms with E-state index in [2.05, 4.69) is 71.1 Å². The lowest BCUT2D eigenvalue weighted by Gasteiger charge is -2.07. The van der Waals surface area contributed by atoms with E-state index in [4.69, 9.17) is 28.7 Å². The van der Waals surface area contributed by atoms with Crippen LogP contribution in [0.1, 0.15) is 39.5 Å². The zero-order chi connectivity index (χ0) is 65.0. The van der Waals surface area contributed by atoms with E-state index < -0.39 is 0 Å². The number of hydrogen-bond acceptors (Lipinski definition) is 23. The van der Waals surface area contributed by atoms with Crippen LogP contribution in [0.25, 0.3) is 0 Å². The molecule has 4 aliphatic heterocycles. The lowest BCUT2D eigenvalue weighted by atomic mass is 10.4. The summed E-state index contributed by atoms with van der Waals surface area (Å²) in [5, 5.41) is 39.7. The second-order valence-electron chi connectivity index (χ2n) is 20.7.